The topological polar surface area (TPSA) is 38.5 Å². The first-order chi connectivity index (χ1) is 9.54. The number of aromatic nitrogens is 4. The summed E-state index contributed by atoms with van der Waals surface area (Å²) in [6.45, 7) is 3.35. The van der Waals surface area contributed by atoms with Crippen LogP contribution in [0.1, 0.15) is 5.56 Å². The van der Waals surface area contributed by atoms with Crippen LogP contribution < -0.4 is 0 Å². The predicted molar refractivity (Wildman–Crippen MR) is 86.8 cm³/mol. The van der Waals surface area contributed by atoms with Crippen LogP contribution >= 0.6 is 34.8 Å². The second-order valence-corrected chi connectivity index (χ2v) is 6.19. The summed E-state index contributed by atoms with van der Waals surface area (Å²) < 4.78 is 18.7. The lowest BCUT2D eigenvalue weighted by Gasteiger charge is -2.05. The Kier molecular flexibility index (Phi) is 3.63. The van der Waals surface area contributed by atoms with Gasteiger partial charge in [0.1, 0.15) is 5.82 Å². The maximum absolute atomic E-state index is 13.7. The molecule has 0 aliphatic rings. The summed E-state index contributed by atoms with van der Waals surface area (Å²) in [5, 5.41) is 4.24. The highest BCUT2D eigenvalue weighted by Crippen LogP contribution is 2.20. The van der Waals surface area contributed by atoms with E-state index in [0.717, 1.165) is 16.6 Å². The van der Waals surface area contributed by atoms with E-state index in [4.69, 9.17) is 12.2 Å². The van der Waals surface area contributed by atoms with Gasteiger partial charge in [-0.05, 0) is 53.4 Å². The van der Waals surface area contributed by atoms with E-state index in [9.17, 15) is 4.39 Å². The van der Waals surface area contributed by atoms with E-state index in [1.807, 2.05) is 51.2 Å². The Morgan fingerprint density at radius 3 is 2.90 bits per heavy atom. The number of benzene rings is 1. The lowest BCUT2D eigenvalue weighted by molar-refractivity contribution is 0.537. The number of aryl methyl sites for hydroxylation is 3. The molecule has 0 aliphatic carbocycles. The molecule has 0 saturated heterocycles. The molecule has 0 amide bonds. The largest absolute Gasteiger partial charge is 0.331 e. The average Bonchev–Trinajstić information content (AvgIpc) is 2.92. The van der Waals surface area contributed by atoms with E-state index >= 15 is 0 Å². The number of aromatic amines is 1. The number of nitrogens with zero attached hydrogens (tertiary/aromatic N) is 3. The summed E-state index contributed by atoms with van der Waals surface area (Å²) in [4.78, 5) is 3.11. The van der Waals surface area contributed by atoms with Gasteiger partial charge in [-0.25, -0.2) is 4.39 Å². The van der Waals surface area contributed by atoms with Gasteiger partial charge < -0.3 is 9.55 Å². The summed E-state index contributed by atoms with van der Waals surface area (Å²) in [6.07, 6.45) is 3.79. The average molecular weight is 402 g/mol. The molecule has 3 rings (SSSR count). The molecule has 1 N–H and O–H groups in total. The van der Waals surface area contributed by atoms with Crippen molar-refractivity contribution in [2.24, 2.45) is 0 Å². The van der Waals surface area contributed by atoms with E-state index in [2.05, 4.69) is 10.1 Å². The molecule has 0 spiro atoms. The lowest BCUT2D eigenvalue weighted by atomic mass is 10.3. The van der Waals surface area contributed by atoms with Crippen LogP contribution in [-0.4, -0.2) is 19.3 Å². The van der Waals surface area contributed by atoms with Crippen LogP contribution in [0.4, 0.5) is 4.39 Å². The summed E-state index contributed by atoms with van der Waals surface area (Å²) in [5.41, 5.74) is 2.77. The third-order valence-corrected chi connectivity index (χ3v) is 4.28. The van der Waals surface area contributed by atoms with Crippen molar-refractivity contribution in [3.8, 4) is 0 Å². The van der Waals surface area contributed by atoms with Gasteiger partial charge in [0.15, 0.2) is 4.77 Å². The third kappa shape index (κ3) is 2.51. The number of hydrogen-bond acceptors (Lipinski definition) is 2. The van der Waals surface area contributed by atoms with Crippen molar-refractivity contribution in [3.63, 3.8) is 0 Å². The van der Waals surface area contributed by atoms with Gasteiger partial charge in [0.05, 0.1) is 27.3 Å². The zero-order valence-electron chi connectivity index (χ0n) is 10.7. The first-order valence-corrected chi connectivity index (χ1v) is 7.60. The number of halogens is 2. The minimum absolute atomic E-state index is 0.226. The summed E-state index contributed by atoms with van der Waals surface area (Å²) in [7, 11) is 0. The highest BCUT2D eigenvalue weighted by Gasteiger charge is 2.09. The predicted octanol–water partition coefficient (Wildman–Crippen LogP) is 3.65. The van der Waals surface area contributed by atoms with Crippen molar-refractivity contribution in [2.45, 2.75) is 20.0 Å². The van der Waals surface area contributed by atoms with Gasteiger partial charge in [-0.15, -0.1) is 0 Å². The first kappa shape index (κ1) is 13.7. The zero-order valence-corrected chi connectivity index (χ0v) is 13.7. The normalized spacial score (nSPS) is 11.3. The molecular formula is C13H12FIN4S. The molecule has 20 heavy (non-hydrogen) atoms. The van der Waals surface area contributed by atoms with Crippen molar-refractivity contribution in [1.82, 2.24) is 19.3 Å². The van der Waals surface area contributed by atoms with E-state index in [1.54, 1.807) is 6.07 Å². The second kappa shape index (κ2) is 5.28. The van der Waals surface area contributed by atoms with Crippen LogP contribution in [-0.2, 0) is 13.1 Å². The zero-order chi connectivity index (χ0) is 14.3. The van der Waals surface area contributed by atoms with Gasteiger partial charge >= 0.3 is 0 Å². The molecule has 2 aromatic heterocycles. The maximum Gasteiger partial charge on any atom is 0.178 e. The molecule has 3 aromatic rings. The fraction of sp³-hybridized carbons (Fsp3) is 0.231. The fourth-order valence-electron chi connectivity index (χ4n) is 2.17. The number of hydrogen-bond donors (Lipinski definition) is 1. The molecule has 0 aliphatic heterocycles. The van der Waals surface area contributed by atoms with Gasteiger partial charge in [0, 0.05) is 18.8 Å². The van der Waals surface area contributed by atoms with Crippen molar-refractivity contribution in [2.75, 3.05) is 0 Å². The van der Waals surface area contributed by atoms with Crippen molar-refractivity contribution >= 4 is 45.8 Å². The quantitative estimate of drug-likeness (QED) is 0.537. The smallest absolute Gasteiger partial charge is 0.178 e. The number of H-pyrrole nitrogens is 1. The van der Waals surface area contributed by atoms with Crippen molar-refractivity contribution in [1.29, 1.82) is 0 Å². The summed E-state index contributed by atoms with van der Waals surface area (Å²) in [5.74, 6) is -0.226. The molecule has 0 radical (unpaired) electrons. The number of nitrogens with one attached hydrogen (secondary N) is 1. The molecule has 0 fully saturated rings. The first-order valence-electron chi connectivity index (χ1n) is 6.11. The van der Waals surface area contributed by atoms with E-state index in [0.29, 0.717) is 21.4 Å². The van der Waals surface area contributed by atoms with Crippen LogP contribution in [0.3, 0.4) is 0 Å². The molecule has 4 nitrogen and oxygen atoms in total. The summed E-state index contributed by atoms with van der Waals surface area (Å²) in [6, 6.07) is 3.30. The highest BCUT2D eigenvalue weighted by molar-refractivity contribution is 14.1. The van der Waals surface area contributed by atoms with E-state index < -0.39 is 0 Å². The Morgan fingerprint density at radius 1 is 1.40 bits per heavy atom. The third-order valence-electron chi connectivity index (χ3n) is 3.13. The van der Waals surface area contributed by atoms with Crippen LogP contribution in [0.15, 0.2) is 24.5 Å². The molecule has 0 bridgehead atoms. The monoisotopic (exact) mass is 402 g/mol. The maximum atomic E-state index is 13.7. The molecule has 0 unspecified atom stereocenters. The Morgan fingerprint density at radius 2 is 2.20 bits per heavy atom. The van der Waals surface area contributed by atoms with Crippen LogP contribution in [0.25, 0.3) is 11.0 Å². The van der Waals surface area contributed by atoms with E-state index in [-0.39, 0.29) is 5.82 Å². The molecule has 0 atom stereocenters. The molecule has 1 aromatic carbocycles. The van der Waals surface area contributed by atoms with Gasteiger partial charge in [0.2, 0.25) is 0 Å². The van der Waals surface area contributed by atoms with Crippen molar-refractivity contribution in [3.05, 3.63) is 44.2 Å². The van der Waals surface area contributed by atoms with Crippen molar-refractivity contribution < 1.29 is 4.39 Å². The minimum Gasteiger partial charge on any atom is -0.331 e. The number of rotatable bonds is 3. The highest BCUT2D eigenvalue weighted by atomic mass is 127. The molecule has 2 heterocycles. The minimum atomic E-state index is -0.226. The number of fused-ring (bicyclic) bond motifs is 1. The Balaban J connectivity index is 1.96. The SMILES string of the molecule is Cc1cnn(CCn2c(=S)[nH]c3cc(I)c(F)cc32)c1. The van der Waals surface area contributed by atoms with Gasteiger partial charge in [-0.3, -0.25) is 4.68 Å². The van der Waals surface area contributed by atoms with Gasteiger partial charge in [0.25, 0.3) is 0 Å². The Bertz CT molecular complexity index is 833. The molecule has 104 valence electrons. The van der Waals surface area contributed by atoms with E-state index in [1.165, 1.54) is 6.07 Å². The molecular weight excluding hydrogens is 390 g/mol. The molecule has 7 heteroatoms. The molecule has 0 saturated carbocycles. The fourth-order valence-corrected chi connectivity index (χ4v) is 2.93. The Hall–Kier alpha value is -1.22. The van der Waals surface area contributed by atoms with Gasteiger partial charge in [-0.1, -0.05) is 0 Å². The van der Waals surface area contributed by atoms with Gasteiger partial charge in [-0.2, -0.15) is 5.10 Å². The van der Waals surface area contributed by atoms with Crippen LogP contribution in [0.2, 0.25) is 0 Å². The summed E-state index contributed by atoms with van der Waals surface area (Å²) >= 11 is 7.29. The standard InChI is InChI=1S/C13H12FIN4S/c1-8-6-16-18(7-8)2-3-19-12-4-9(14)10(15)5-11(12)17-13(19)20/h4-7H,2-3H2,1H3,(H,17,20). The lowest BCUT2D eigenvalue weighted by Crippen LogP contribution is -2.08. The van der Waals surface area contributed by atoms with Crippen LogP contribution in [0.5, 0.6) is 0 Å². The second-order valence-electron chi connectivity index (χ2n) is 4.65. The Labute approximate surface area is 133 Å². The van der Waals surface area contributed by atoms with Crippen LogP contribution in [0, 0.1) is 21.1 Å². The number of imidazole rings is 1.